The van der Waals surface area contributed by atoms with Gasteiger partial charge in [0, 0.05) is 6.04 Å². The Morgan fingerprint density at radius 1 is 1.33 bits per heavy atom. The Hall–Kier alpha value is -2.00. The minimum absolute atomic E-state index is 0.0441. The van der Waals surface area contributed by atoms with E-state index in [4.69, 9.17) is 25.8 Å². The predicted octanol–water partition coefficient (Wildman–Crippen LogP) is 1.60. The number of amides is 1. The summed E-state index contributed by atoms with van der Waals surface area (Å²) in [6.45, 7) is 1.86. The van der Waals surface area contributed by atoms with E-state index in [2.05, 4.69) is 5.32 Å². The molecular weight excluding hydrogens is 398 g/mol. The lowest BCUT2D eigenvalue weighted by Crippen LogP contribution is -2.38. The molecule has 1 aliphatic heterocycles. The minimum Gasteiger partial charge on any atom is -0.493 e. The van der Waals surface area contributed by atoms with Crippen LogP contribution in [0.5, 0.6) is 11.5 Å². The fourth-order valence-electron chi connectivity index (χ4n) is 2.57. The molecule has 1 atom stereocenters. The molecule has 27 heavy (non-hydrogen) atoms. The highest BCUT2D eigenvalue weighted by atomic mass is 35.5. The van der Waals surface area contributed by atoms with Crippen LogP contribution in [-0.4, -0.2) is 58.2 Å². The second-order valence-corrected chi connectivity index (χ2v) is 8.72. The van der Waals surface area contributed by atoms with E-state index in [0.29, 0.717) is 18.8 Å². The highest BCUT2D eigenvalue weighted by molar-refractivity contribution is 7.91. The summed E-state index contributed by atoms with van der Waals surface area (Å²) < 4.78 is 38.5. The Morgan fingerprint density at radius 2 is 2.07 bits per heavy atom. The van der Waals surface area contributed by atoms with Crippen LogP contribution in [0, 0.1) is 0 Å². The fraction of sp³-hybridized carbons (Fsp3) is 0.529. The number of carbonyl (C=O) groups is 2. The SMILES string of the molecule is CCCOc1c(Cl)cc(C(=O)OCC(=O)N[C@H]2CCS(=O)(=O)C2)cc1OC. The number of esters is 1. The monoisotopic (exact) mass is 419 g/mol. The van der Waals surface area contributed by atoms with E-state index < -0.39 is 34.4 Å². The fourth-order valence-corrected chi connectivity index (χ4v) is 4.51. The largest absolute Gasteiger partial charge is 0.493 e. The normalized spacial score (nSPS) is 18.0. The Bertz CT molecular complexity index is 810. The number of carbonyl (C=O) groups excluding carboxylic acids is 2. The molecule has 0 radical (unpaired) electrons. The molecule has 0 aromatic heterocycles. The van der Waals surface area contributed by atoms with Crippen LogP contribution in [0.25, 0.3) is 0 Å². The third-order valence-corrected chi connectivity index (χ3v) is 5.90. The second-order valence-electron chi connectivity index (χ2n) is 6.08. The lowest BCUT2D eigenvalue weighted by Gasteiger charge is -2.14. The first kappa shape index (κ1) is 21.3. The molecule has 1 fully saturated rings. The average Bonchev–Trinajstić information content (AvgIpc) is 2.96. The van der Waals surface area contributed by atoms with Crippen molar-refractivity contribution >= 4 is 33.3 Å². The predicted molar refractivity (Wildman–Crippen MR) is 99.3 cm³/mol. The van der Waals surface area contributed by atoms with Gasteiger partial charge in [0.2, 0.25) is 0 Å². The van der Waals surface area contributed by atoms with Crippen molar-refractivity contribution in [2.24, 2.45) is 0 Å². The highest BCUT2D eigenvalue weighted by Gasteiger charge is 2.29. The molecule has 2 rings (SSSR count). The van der Waals surface area contributed by atoms with Crippen molar-refractivity contribution in [2.45, 2.75) is 25.8 Å². The van der Waals surface area contributed by atoms with Crippen LogP contribution in [0.15, 0.2) is 12.1 Å². The van der Waals surface area contributed by atoms with Gasteiger partial charge in [-0.25, -0.2) is 13.2 Å². The van der Waals surface area contributed by atoms with E-state index in [9.17, 15) is 18.0 Å². The van der Waals surface area contributed by atoms with Crippen LogP contribution in [0.4, 0.5) is 0 Å². The Morgan fingerprint density at radius 3 is 2.67 bits per heavy atom. The molecule has 8 nitrogen and oxygen atoms in total. The van der Waals surface area contributed by atoms with Gasteiger partial charge in [-0.15, -0.1) is 0 Å². The maximum Gasteiger partial charge on any atom is 0.338 e. The molecule has 1 amide bonds. The van der Waals surface area contributed by atoms with E-state index >= 15 is 0 Å². The molecule has 1 aromatic rings. The molecule has 0 unspecified atom stereocenters. The average molecular weight is 420 g/mol. The standard InChI is InChI=1S/C17H22ClNO7S/c1-3-5-25-16-13(18)7-11(8-14(16)24-2)17(21)26-9-15(20)19-12-4-6-27(22,23)10-12/h7-8,12H,3-6,9-10H2,1-2H3,(H,19,20)/t12-/m0/s1. The molecule has 1 saturated heterocycles. The van der Waals surface area contributed by atoms with E-state index in [-0.39, 0.29) is 27.8 Å². The third-order valence-electron chi connectivity index (χ3n) is 3.85. The van der Waals surface area contributed by atoms with Crippen LogP contribution in [0.2, 0.25) is 5.02 Å². The van der Waals surface area contributed by atoms with Crippen molar-refractivity contribution in [3.05, 3.63) is 22.7 Å². The van der Waals surface area contributed by atoms with Gasteiger partial charge in [0.15, 0.2) is 27.9 Å². The Kier molecular flexibility index (Phi) is 7.32. The summed E-state index contributed by atoms with van der Waals surface area (Å²) in [4.78, 5) is 24.0. The van der Waals surface area contributed by atoms with Gasteiger partial charge in [-0.05, 0) is 25.0 Å². The van der Waals surface area contributed by atoms with Crippen LogP contribution in [0.3, 0.4) is 0 Å². The van der Waals surface area contributed by atoms with Gasteiger partial charge in [-0.2, -0.15) is 0 Å². The number of hydrogen-bond acceptors (Lipinski definition) is 7. The zero-order chi connectivity index (χ0) is 20.0. The Balaban J connectivity index is 1.95. The Labute approximate surface area is 163 Å². The summed E-state index contributed by atoms with van der Waals surface area (Å²) in [5.41, 5.74) is 0.108. The van der Waals surface area contributed by atoms with Gasteiger partial charge < -0.3 is 19.5 Å². The van der Waals surface area contributed by atoms with Crippen LogP contribution >= 0.6 is 11.6 Å². The number of ether oxygens (including phenoxy) is 3. The number of sulfone groups is 1. The van der Waals surface area contributed by atoms with Crippen molar-refractivity contribution in [3.63, 3.8) is 0 Å². The van der Waals surface area contributed by atoms with E-state index in [1.54, 1.807) is 0 Å². The molecule has 10 heteroatoms. The zero-order valence-corrected chi connectivity index (χ0v) is 16.7. The van der Waals surface area contributed by atoms with Crippen LogP contribution < -0.4 is 14.8 Å². The number of nitrogens with one attached hydrogen (secondary N) is 1. The smallest absolute Gasteiger partial charge is 0.338 e. The maximum absolute atomic E-state index is 12.2. The third kappa shape index (κ3) is 6.00. The second kappa shape index (κ2) is 9.27. The number of halogens is 1. The molecule has 150 valence electrons. The first-order chi connectivity index (χ1) is 12.8. The maximum atomic E-state index is 12.2. The minimum atomic E-state index is -3.10. The summed E-state index contributed by atoms with van der Waals surface area (Å²) in [5.74, 6) is -0.764. The van der Waals surface area contributed by atoms with Crippen molar-refractivity contribution in [1.29, 1.82) is 0 Å². The van der Waals surface area contributed by atoms with Crippen LogP contribution in [0.1, 0.15) is 30.1 Å². The molecule has 1 heterocycles. The molecule has 0 bridgehead atoms. The topological polar surface area (TPSA) is 108 Å². The van der Waals surface area contributed by atoms with Crippen molar-refractivity contribution < 1.29 is 32.2 Å². The highest BCUT2D eigenvalue weighted by Crippen LogP contribution is 2.36. The summed E-state index contributed by atoms with van der Waals surface area (Å²) >= 11 is 6.15. The van der Waals surface area contributed by atoms with Crippen molar-refractivity contribution in [2.75, 3.05) is 31.8 Å². The van der Waals surface area contributed by atoms with Gasteiger partial charge in [-0.3, -0.25) is 4.79 Å². The summed E-state index contributed by atoms with van der Waals surface area (Å²) in [6, 6.07) is 2.34. The van der Waals surface area contributed by atoms with E-state index in [0.717, 1.165) is 6.42 Å². The van der Waals surface area contributed by atoms with E-state index in [1.807, 2.05) is 6.92 Å². The van der Waals surface area contributed by atoms with Gasteiger partial charge in [0.1, 0.15) is 0 Å². The zero-order valence-electron chi connectivity index (χ0n) is 15.1. The lowest BCUT2D eigenvalue weighted by molar-refractivity contribution is -0.124. The molecule has 0 saturated carbocycles. The summed E-state index contributed by atoms with van der Waals surface area (Å²) in [6.07, 6.45) is 1.13. The quantitative estimate of drug-likeness (QED) is 0.637. The first-order valence-corrected chi connectivity index (χ1v) is 10.6. The van der Waals surface area contributed by atoms with Gasteiger partial charge >= 0.3 is 5.97 Å². The molecule has 0 aliphatic carbocycles. The molecule has 1 aliphatic rings. The van der Waals surface area contributed by atoms with Crippen molar-refractivity contribution in [3.8, 4) is 11.5 Å². The molecule has 1 aromatic carbocycles. The molecule has 0 spiro atoms. The summed E-state index contributed by atoms with van der Waals surface area (Å²) in [7, 11) is -1.68. The van der Waals surface area contributed by atoms with Gasteiger partial charge in [0.25, 0.3) is 5.91 Å². The number of rotatable bonds is 8. The van der Waals surface area contributed by atoms with Gasteiger partial charge in [-0.1, -0.05) is 18.5 Å². The first-order valence-electron chi connectivity index (χ1n) is 8.43. The van der Waals surface area contributed by atoms with Crippen LogP contribution in [-0.2, 0) is 19.4 Å². The van der Waals surface area contributed by atoms with E-state index in [1.165, 1.54) is 19.2 Å². The number of hydrogen-bond donors (Lipinski definition) is 1. The molecular formula is C17H22ClNO7S. The van der Waals surface area contributed by atoms with Gasteiger partial charge in [0.05, 0.1) is 35.8 Å². The number of benzene rings is 1. The van der Waals surface area contributed by atoms with Crippen molar-refractivity contribution in [1.82, 2.24) is 5.32 Å². The lowest BCUT2D eigenvalue weighted by atomic mass is 10.2. The number of methoxy groups -OCH3 is 1. The molecule has 1 N–H and O–H groups in total. The summed E-state index contributed by atoms with van der Waals surface area (Å²) in [5, 5.41) is 2.73.